The number of hydrazine groups is 1. The van der Waals surface area contributed by atoms with Crippen LogP contribution in [0.4, 0.5) is 4.39 Å². The first kappa shape index (κ1) is 16.9. The van der Waals surface area contributed by atoms with E-state index in [0.717, 1.165) is 0 Å². The maximum absolute atomic E-state index is 13.5. The standard InChI is InChI=1S/C18H13ClFN3O2/c1-10-8-14(13-9-11(20)6-7-16(13)21-10)18(25)23-22-17(24)12-4-2-3-5-15(12)19/h2-9H,1H3,(H,22,24)(H,23,25). The molecule has 0 aliphatic carbocycles. The minimum Gasteiger partial charge on any atom is -0.267 e. The van der Waals surface area contributed by atoms with Gasteiger partial charge in [0.25, 0.3) is 11.8 Å². The molecule has 2 N–H and O–H groups in total. The highest BCUT2D eigenvalue weighted by Gasteiger charge is 2.15. The average molecular weight is 358 g/mol. The van der Waals surface area contributed by atoms with Crippen molar-refractivity contribution in [3.63, 3.8) is 0 Å². The number of carbonyl (C=O) groups excluding carboxylic acids is 2. The summed E-state index contributed by atoms with van der Waals surface area (Å²) < 4.78 is 13.5. The predicted octanol–water partition coefficient (Wildman–Crippen LogP) is 3.41. The van der Waals surface area contributed by atoms with E-state index in [1.807, 2.05) is 0 Å². The topological polar surface area (TPSA) is 71.1 Å². The number of hydrogen-bond donors (Lipinski definition) is 2. The number of amides is 2. The Bertz CT molecular complexity index is 991. The second-order valence-corrected chi connectivity index (χ2v) is 5.77. The van der Waals surface area contributed by atoms with Gasteiger partial charge in [-0.3, -0.25) is 25.4 Å². The minimum absolute atomic E-state index is 0.210. The van der Waals surface area contributed by atoms with Crippen molar-refractivity contribution in [2.75, 3.05) is 0 Å². The summed E-state index contributed by atoms with van der Waals surface area (Å²) in [5.41, 5.74) is 6.14. The largest absolute Gasteiger partial charge is 0.271 e. The van der Waals surface area contributed by atoms with E-state index in [1.165, 1.54) is 30.3 Å². The van der Waals surface area contributed by atoms with Gasteiger partial charge in [-0.15, -0.1) is 0 Å². The van der Waals surface area contributed by atoms with E-state index in [4.69, 9.17) is 11.6 Å². The first-order chi connectivity index (χ1) is 12.0. The molecule has 0 atom stereocenters. The quantitative estimate of drug-likeness (QED) is 0.690. The highest BCUT2D eigenvalue weighted by Crippen LogP contribution is 2.20. The summed E-state index contributed by atoms with van der Waals surface area (Å²) in [7, 11) is 0. The molecule has 3 rings (SSSR count). The van der Waals surface area contributed by atoms with E-state index >= 15 is 0 Å². The molecule has 1 aromatic heterocycles. The van der Waals surface area contributed by atoms with E-state index in [1.54, 1.807) is 25.1 Å². The summed E-state index contributed by atoms with van der Waals surface area (Å²) in [6.07, 6.45) is 0. The molecule has 1 heterocycles. The number of hydrogen-bond acceptors (Lipinski definition) is 3. The fourth-order valence-corrected chi connectivity index (χ4v) is 2.63. The number of halogens is 2. The van der Waals surface area contributed by atoms with Gasteiger partial charge in [-0.05, 0) is 43.3 Å². The molecule has 3 aromatic rings. The number of carbonyl (C=O) groups is 2. The van der Waals surface area contributed by atoms with Crippen LogP contribution >= 0.6 is 11.6 Å². The van der Waals surface area contributed by atoms with Gasteiger partial charge in [0.2, 0.25) is 0 Å². The zero-order valence-corrected chi connectivity index (χ0v) is 13.9. The van der Waals surface area contributed by atoms with E-state index in [2.05, 4.69) is 15.8 Å². The number of aryl methyl sites for hydroxylation is 1. The summed E-state index contributed by atoms with van der Waals surface area (Å²) in [5, 5.41) is 0.622. The molecule has 0 aliphatic rings. The third-order valence-electron chi connectivity index (χ3n) is 3.55. The highest BCUT2D eigenvalue weighted by atomic mass is 35.5. The maximum Gasteiger partial charge on any atom is 0.271 e. The monoisotopic (exact) mass is 357 g/mol. The lowest BCUT2D eigenvalue weighted by Crippen LogP contribution is -2.41. The van der Waals surface area contributed by atoms with E-state index in [0.29, 0.717) is 16.6 Å². The predicted molar refractivity (Wildman–Crippen MR) is 92.8 cm³/mol. The van der Waals surface area contributed by atoms with Gasteiger partial charge in [-0.25, -0.2) is 4.39 Å². The van der Waals surface area contributed by atoms with E-state index < -0.39 is 17.6 Å². The van der Waals surface area contributed by atoms with Crippen LogP contribution in [0.1, 0.15) is 26.4 Å². The van der Waals surface area contributed by atoms with Crippen molar-refractivity contribution in [3.8, 4) is 0 Å². The van der Waals surface area contributed by atoms with Crippen LogP contribution in [-0.4, -0.2) is 16.8 Å². The number of aromatic nitrogens is 1. The molecule has 25 heavy (non-hydrogen) atoms. The van der Waals surface area contributed by atoms with E-state index in [9.17, 15) is 14.0 Å². The molecule has 0 bridgehead atoms. The number of nitrogens with zero attached hydrogens (tertiary/aromatic N) is 1. The van der Waals surface area contributed by atoms with Crippen molar-refractivity contribution in [2.24, 2.45) is 0 Å². The van der Waals surface area contributed by atoms with Gasteiger partial charge in [-0.2, -0.15) is 0 Å². The molecule has 0 saturated carbocycles. The second-order valence-electron chi connectivity index (χ2n) is 5.36. The smallest absolute Gasteiger partial charge is 0.267 e. The van der Waals surface area contributed by atoms with Crippen LogP contribution in [0.5, 0.6) is 0 Å². The maximum atomic E-state index is 13.5. The third kappa shape index (κ3) is 3.59. The molecule has 2 aromatic carbocycles. The van der Waals surface area contributed by atoms with Crippen molar-refractivity contribution >= 4 is 34.3 Å². The summed E-state index contributed by atoms with van der Waals surface area (Å²) in [6, 6.07) is 12.0. The van der Waals surface area contributed by atoms with Gasteiger partial charge in [0.1, 0.15) is 5.82 Å². The first-order valence-corrected chi connectivity index (χ1v) is 7.75. The molecule has 126 valence electrons. The van der Waals surface area contributed by atoms with Crippen LogP contribution in [0.2, 0.25) is 5.02 Å². The Morgan fingerprint density at radius 2 is 1.68 bits per heavy atom. The number of fused-ring (bicyclic) bond motifs is 1. The lowest BCUT2D eigenvalue weighted by atomic mass is 10.1. The summed E-state index contributed by atoms with van der Waals surface area (Å²) in [5.74, 6) is -1.62. The van der Waals surface area contributed by atoms with Crippen molar-refractivity contribution in [1.29, 1.82) is 0 Å². The molecule has 0 aliphatic heterocycles. The Labute approximate surface area is 147 Å². The molecule has 0 fully saturated rings. The van der Waals surface area contributed by atoms with Crippen molar-refractivity contribution in [3.05, 3.63) is 76.2 Å². The van der Waals surface area contributed by atoms with Crippen molar-refractivity contribution in [2.45, 2.75) is 6.92 Å². The zero-order valence-electron chi connectivity index (χ0n) is 13.1. The second kappa shape index (κ2) is 6.86. The van der Waals surface area contributed by atoms with Gasteiger partial charge in [0, 0.05) is 11.1 Å². The molecular weight excluding hydrogens is 345 g/mol. The SMILES string of the molecule is Cc1cc(C(=O)NNC(=O)c2ccccc2Cl)c2cc(F)ccc2n1. The van der Waals surface area contributed by atoms with Gasteiger partial charge < -0.3 is 0 Å². The van der Waals surface area contributed by atoms with Crippen LogP contribution in [-0.2, 0) is 0 Å². The van der Waals surface area contributed by atoms with Crippen molar-refractivity contribution < 1.29 is 14.0 Å². The summed E-state index contributed by atoms with van der Waals surface area (Å²) in [6.45, 7) is 1.72. The van der Waals surface area contributed by atoms with Crippen LogP contribution in [0.25, 0.3) is 10.9 Å². The number of nitrogens with one attached hydrogen (secondary N) is 2. The molecule has 5 nitrogen and oxygen atoms in total. The Hall–Kier alpha value is -2.99. The lowest BCUT2D eigenvalue weighted by molar-refractivity contribution is 0.0847. The van der Waals surface area contributed by atoms with E-state index in [-0.39, 0.29) is 16.1 Å². The van der Waals surface area contributed by atoms with Crippen molar-refractivity contribution in [1.82, 2.24) is 15.8 Å². The number of rotatable bonds is 2. The van der Waals surface area contributed by atoms with Crippen LogP contribution in [0, 0.1) is 12.7 Å². The van der Waals surface area contributed by atoms with Crippen LogP contribution in [0.3, 0.4) is 0 Å². The molecule has 0 saturated heterocycles. The normalized spacial score (nSPS) is 10.5. The lowest BCUT2D eigenvalue weighted by Gasteiger charge is -2.11. The van der Waals surface area contributed by atoms with Gasteiger partial charge in [0.05, 0.1) is 21.7 Å². The minimum atomic E-state index is -0.582. The van der Waals surface area contributed by atoms with Gasteiger partial charge in [0.15, 0.2) is 0 Å². The molecule has 0 unspecified atom stereocenters. The fourth-order valence-electron chi connectivity index (χ4n) is 2.41. The fraction of sp³-hybridized carbons (Fsp3) is 0.0556. The number of benzene rings is 2. The molecule has 2 amide bonds. The van der Waals surface area contributed by atoms with Crippen LogP contribution < -0.4 is 10.9 Å². The Kier molecular flexibility index (Phi) is 4.63. The molecular formula is C18H13ClFN3O2. The Morgan fingerprint density at radius 1 is 1.00 bits per heavy atom. The zero-order chi connectivity index (χ0) is 18.0. The Morgan fingerprint density at radius 3 is 2.40 bits per heavy atom. The van der Waals surface area contributed by atoms with Crippen LogP contribution in [0.15, 0.2) is 48.5 Å². The van der Waals surface area contributed by atoms with Gasteiger partial charge >= 0.3 is 0 Å². The highest BCUT2D eigenvalue weighted by molar-refractivity contribution is 6.33. The molecule has 0 radical (unpaired) electrons. The Balaban J connectivity index is 1.84. The summed E-state index contributed by atoms with van der Waals surface area (Å²) in [4.78, 5) is 28.8. The molecule has 7 heteroatoms. The van der Waals surface area contributed by atoms with Gasteiger partial charge in [-0.1, -0.05) is 23.7 Å². The number of pyridine rings is 1. The molecule has 0 spiro atoms. The summed E-state index contributed by atoms with van der Waals surface area (Å²) >= 11 is 5.94. The third-order valence-corrected chi connectivity index (χ3v) is 3.88. The first-order valence-electron chi connectivity index (χ1n) is 7.38. The average Bonchev–Trinajstić information content (AvgIpc) is 2.59.